The Morgan fingerprint density at radius 1 is 1.12 bits per heavy atom. The fraction of sp³-hybridized carbons (Fsp3) is 0.706. The van der Waals surface area contributed by atoms with Crippen LogP contribution in [0.1, 0.15) is 24.7 Å². The van der Waals surface area contributed by atoms with E-state index in [-0.39, 0.29) is 0 Å². The molecule has 3 rings (SSSR count). The predicted octanol–water partition coefficient (Wildman–Crippen LogP) is 0.742. The Labute approximate surface area is 150 Å². The van der Waals surface area contributed by atoms with Crippen molar-refractivity contribution in [1.29, 1.82) is 0 Å². The average molecular weight is 368 g/mol. The number of allylic oxidation sites excluding steroid dienone is 1. The monoisotopic (exact) mass is 367 g/mol. The standard InChI is InChI=1S/C17H29N5O2S/c1-3-4-6-20-10-12-22-17(15-20)13-16(18-22)14-19-7-5-8-21(11-9-19)25(2,23)24/h3-4,13H,5-12,14-15H2,1-2H3/b4-3+. The molecule has 0 unspecified atom stereocenters. The van der Waals surface area contributed by atoms with E-state index in [1.165, 1.54) is 11.9 Å². The molecule has 0 aliphatic carbocycles. The number of rotatable bonds is 5. The fourth-order valence-electron chi connectivity index (χ4n) is 3.53. The summed E-state index contributed by atoms with van der Waals surface area (Å²) in [7, 11) is -3.09. The molecule has 1 aromatic rings. The van der Waals surface area contributed by atoms with Crippen molar-refractivity contribution >= 4 is 10.0 Å². The first-order valence-corrected chi connectivity index (χ1v) is 10.9. The molecule has 25 heavy (non-hydrogen) atoms. The van der Waals surface area contributed by atoms with Crippen molar-refractivity contribution in [2.75, 3.05) is 45.5 Å². The van der Waals surface area contributed by atoms with Crippen molar-refractivity contribution in [3.63, 3.8) is 0 Å². The molecule has 8 heteroatoms. The van der Waals surface area contributed by atoms with Crippen molar-refractivity contribution < 1.29 is 8.42 Å². The minimum atomic E-state index is -3.09. The molecule has 0 saturated carbocycles. The smallest absolute Gasteiger partial charge is 0.211 e. The summed E-state index contributed by atoms with van der Waals surface area (Å²) in [5, 5.41) is 4.76. The molecule has 7 nitrogen and oxygen atoms in total. The Morgan fingerprint density at radius 3 is 2.68 bits per heavy atom. The Balaban J connectivity index is 1.58. The van der Waals surface area contributed by atoms with Crippen molar-refractivity contribution in [3.8, 4) is 0 Å². The summed E-state index contributed by atoms with van der Waals surface area (Å²) in [5.74, 6) is 0. The highest BCUT2D eigenvalue weighted by molar-refractivity contribution is 7.88. The summed E-state index contributed by atoms with van der Waals surface area (Å²) in [6, 6.07) is 2.21. The Hall–Kier alpha value is -1.22. The van der Waals surface area contributed by atoms with Gasteiger partial charge in [-0.05, 0) is 26.0 Å². The van der Waals surface area contributed by atoms with Crippen LogP contribution in [0.4, 0.5) is 0 Å². The topological polar surface area (TPSA) is 61.7 Å². The van der Waals surface area contributed by atoms with Gasteiger partial charge in [-0.2, -0.15) is 5.10 Å². The van der Waals surface area contributed by atoms with Gasteiger partial charge in [0.05, 0.1) is 24.2 Å². The molecular weight excluding hydrogens is 338 g/mol. The first-order valence-electron chi connectivity index (χ1n) is 9.02. The molecule has 2 aliphatic rings. The Morgan fingerprint density at radius 2 is 1.92 bits per heavy atom. The molecule has 0 radical (unpaired) electrons. The van der Waals surface area contributed by atoms with Gasteiger partial charge in [-0.1, -0.05) is 12.2 Å². The van der Waals surface area contributed by atoms with Gasteiger partial charge in [0.2, 0.25) is 10.0 Å². The van der Waals surface area contributed by atoms with Gasteiger partial charge >= 0.3 is 0 Å². The largest absolute Gasteiger partial charge is 0.296 e. The van der Waals surface area contributed by atoms with Crippen molar-refractivity contribution in [2.24, 2.45) is 0 Å². The van der Waals surface area contributed by atoms with Gasteiger partial charge in [0.1, 0.15) is 0 Å². The number of hydrogen-bond acceptors (Lipinski definition) is 5. The number of fused-ring (bicyclic) bond motifs is 1. The molecule has 0 aromatic carbocycles. The highest BCUT2D eigenvalue weighted by atomic mass is 32.2. The third-order valence-electron chi connectivity index (χ3n) is 4.93. The van der Waals surface area contributed by atoms with Crippen molar-refractivity contribution in [3.05, 3.63) is 29.6 Å². The first kappa shape index (κ1) is 18.6. The van der Waals surface area contributed by atoms with Crippen LogP contribution < -0.4 is 0 Å². The van der Waals surface area contributed by atoms with Crippen LogP contribution in [0.3, 0.4) is 0 Å². The van der Waals surface area contributed by atoms with Gasteiger partial charge in [-0.3, -0.25) is 14.5 Å². The van der Waals surface area contributed by atoms with Gasteiger partial charge in [0.15, 0.2) is 0 Å². The van der Waals surface area contributed by atoms with Crippen LogP contribution in [0.25, 0.3) is 0 Å². The SMILES string of the molecule is C/C=C/CN1CCn2nc(CN3CCCN(S(C)(=O)=O)CC3)cc2C1. The Kier molecular flexibility index (Phi) is 5.93. The lowest BCUT2D eigenvalue weighted by molar-refractivity contribution is 0.233. The quantitative estimate of drug-likeness (QED) is 0.719. The summed E-state index contributed by atoms with van der Waals surface area (Å²) >= 11 is 0. The molecule has 3 heterocycles. The van der Waals surface area contributed by atoms with E-state index in [9.17, 15) is 8.42 Å². The number of hydrogen-bond donors (Lipinski definition) is 0. The second-order valence-electron chi connectivity index (χ2n) is 6.95. The van der Waals surface area contributed by atoms with Crippen molar-refractivity contribution in [1.82, 2.24) is 23.9 Å². The zero-order valence-electron chi connectivity index (χ0n) is 15.3. The predicted molar refractivity (Wildman–Crippen MR) is 98.6 cm³/mol. The fourth-order valence-corrected chi connectivity index (χ4v) is 4.41. The molecule has 2 aliphatic heterocycles. The molecule has 0 atom stereocenters. The van der Waals surface area contributed by atoms with Crippen LogP contribution in [0.15, 0.2) is 18.2 Å². The lowest BCUT2D eigenvalue weighted by Crippen LogP contribution is -2.34. The van der Waals surface area contributed by atoms with E-state index >= 15 is 0 Å². The highest BCUT2D eigenvalue weighted by Crippen LogP contribution is 2.16. The zero-order chi connectivity index (χ0) is 17.9. The van der Waals surface area contributed by atoms with E-state index in [0.29, 0.717) is 13.1 Å². The minimum absolute atomic E-state index is 0.573. The first-order chi connectivity index (χ1) is 12.0. The summed E-state index contributed by atoms with van der Waals surface area (Å²) < 4.78 is 27.2. The molecule has 1 fully saturated rings. The summed E-state index contributed by atoms with van der Waals surface area (Å²) in [5.41, 5.74) is 2.37. The van der Waals surface area contributed by atoms with E-state index in [2.05, 4.69) is 39.6 Å². The lowest BCUT2D eigenvalue weighted by atomic mass is 10.2. The van der Waals surface area contributed by atoms with Gasteiger partial charge in [-0.25, -0.2) is 12.7 Å². The molecule has 1 saturated heterocycles. The van der Waals surface area contributed by atoms with Crippen LogP contribution in [-0.4, -0.2) is 77.8 Å². The summed E-state index contributed by atoms with van der Waals surface area (Å²) in [4.78, 5) is 4.74. The molecule has 140 valence electrons. The normalized spacial score (nSPS) is 21.5. The van der Waals surface area contributed by atoms with Gasteiger partial charge in [0.25, 0.3) is 0 Å². The van der Waals surface area contributed by atoms with E-state index in [1.807, 2.05) is 0 Å². The number of sulfonamides is 1. The molecule has 0 amide bonds. The van der Waals surface area contributed by atoms with Crippen LogP contribution in [0.2, 0.25) is 0 Å². The van der Waals surface area contributed by atoms with E-state index in [4.69, 9.17) is 5.10 Å². The summed E-state index contributed by atoms with van der Waals surface area (Å²) in [6.45, 7) is 9.64. The second-order valence-corrected chi connectivity index (χ2v) is 8.93. The van der Waals surface area contributed by atoms with Crippen LogP contribution in [-0.2, 0) is 29.7 Å². The summed E-state index contributed by atoms with van der Waals surface area (Å²) in [6.07, 6.45) is 6.46. The van der Waals surface area contributed by atoms with E-state index < -0.39 is 10.0 Å². The maximum atomic E-state index is 11.7. The third kappa shape index (κ3) is 4.91. The minimum Gasteiger partial charge on any atom is -0.296 e. The van der Waals surface area contributed by atoms with Crippen LogP contribution >= 0.6 is 0 Å². The van der Waals surface area contributed by atoms with Crippen LogP contribution in [0.5, 0.6) is 0 Å². The van der Waals surface area contributed by atoms with Crippen molar-refractivity contribution in [2.45, 2.75) is 33.0 Å². The molecular formula is C17H29N5O2S. The van der Waals surface area contributed by atoms with E-state index in [0.717, 1.165) is 57.9 Å². The number of nitrogens with zero attached hydrogens (tertiary/aromatic N) is 5. The lowest BCUT2D eigenvalue weighted by Gasteiger charge is -2.26. The van der Waals surface area contributed by atoms with Gasteiger partial charge in [0, 0.05) is 45.8 Å². The van der Waals surface area contributed by atoms with Gasteiger partial charge in [-0.15, -0.1) is 0 Å². The van der Waals surface area contributed by atoms with Crippen LogP contribution in [0, 0.1) is 0 Å². The molecule has 0 bridgehead atoms. The zero-order valence-corrected chi connectivity index (χ0v) is 16.1. The molecule has 0 spiro atoms. The number of aromatic nitrogens is 2. The molecule has 1 aromatic heterocycles. The Bertz CT molecular complexity index is 713. The molecule has 0 N–H and O–H groups in total. The average Bonchev–Trinajstić information content (AvgIpc) is 2.79. The second kappa shape index (κ2) is 7.99. The highest BCUT2D eigenvalue weighted by Gasteiger charge is 2.23. The maximum Gasteiger partial charge on any atom is 0.211 e. The van der Waals surface area contributed by atoms with Gasteiger partial charge < -0.3 is 0 Å². The third-order valence-corrected chi connectivity index (χ3v) is 6.23. The van der Waals surface area contributed by atoms with E-state index in [1.54, 1.807) is 4.31 Å². The maximum absolute atomic E-state index is 11.7.